The molecular weight excluding hydrogens is 476 g/mol. The van der Waals surface area contributed by atoms with Crippen molar-refractivity contribution in [3.63, 3.8) is 0 Å². The Morgan fingerprint density at radius 3 is 2.06 bits per heavy atom. The molecule has 0 aromatic heterocycles. The molecule has 0 bridgehead atoms. The lowest BCUT2D eigenvalue weighted by molar-refractivity contribution is -0.143. The van der Waals surface area contributed by atoms with Crippen LogP contribution in [0.3, 0.4) is 0 Å². The summed E-state index contributed by atoms with van der Waals surface area (Å²) in [7, 11) is -3.28. The Kier molecular flexibility index (Phi) is 9.16. The first kappa shape index (κ1) is 27.4. The van der Waals surface area contributed by atoms with Gasteiger partial charge >= 0.3 is 12.4 Å². The molecule has 0 spiro atoms. The van der Waals surface area contributed by atoms with E-state index < -0.39 is 45.0 Å². The number of hydrogen-bond acceptors (Lipinski definition) is 4. The van der Waals surface area contributed by atoms with Gasteiger partial charge in [0.15, 0.2) is 0 Å². The maximum absolute atomic E-state index is 13.0. The summed E-state index contributed by atoms with van der Waals surface area (Å²) in [6.07, 6.45) is -8.22. The van der Waals surface area contributed by atoms with Gasteiger partial charge in [-0.05, 0) is 56.5 Å². The van der Waals surface area contributed by atoms with Crippen LogP contribution in [0.5, 0.6) is 0 Å². The Morgan fingerprint density at radius 2 is 1.58 bits per heavy atom. The maximum Gasteiger partial charge on any atom is 0.416 e. The van der Waals surface area contributed by atoms with Crippen LogP contribution in [0, 0.1) is 5.92 Å². The van der Waals surface area contributed by atoms with Gasteiger partial charge in [-0.25, -0.2) is 13.1 Å². The number of nitrogens with zero attached hydrogens (tertiary/aromatic N) is 1. The van der Waals surface area contributed by atoms with E-state index in [-0.39, 0.29) is 30.8 Å². The molecule has 188 valence electrons. The fourth-order valence-electron chi connectivity index (χ4n) is 3.54. The summed E-state index contributed by atoms with van der Waals surface area (Å²) in [5.41, 5.74) is -3.77. The van der Waals surface area contributed by atoms with Crippen molar-refractivity contribution in [3.8, 4) is 0 Å². The second-order valence-corrected chi connectivity index (χ2v) is 9.93. The highest BCUT2D eigenvalue weighted by Crippen LogP contribution is 2.36. The molecule has 13 heteroatoms. The molecular formula is C20H27F6N3O3S. The number of rotatable bonds is 9. The van der Waals surface area contributed by atoms with Crippen molar-refractivity contribution < 1.29 is 39.6 Å². The summed E-state index contributed by atoms with van der Waals surface area (Å²) in [4.78, 5) is 14.3. The SMILES string of the molecule is CCCS(=O)(=O)NCCN1CCC(CNC(=O)c2cc(C(F)(F)F)cc(C(F)(F)F)c2)CC1. The number of nitrogens with one attached hydrogen (secondary N) is 2. The van der Waals surface area contributed by atoms with Crippen LogP contribution in [0.15, 0.2) is 18.2 Å². The van der Waals surface area contributed by atoms with Crippen LogP contribution in [-0.4, -0.2) is 57.7 Å². The van der Waals surface area contributed by atoms with E-state index >= 15 is 0 Å². The zero-order valence-electron chi connectivity index (χ0n) is 18.0. The number of amides is 1. The molecule has 0 aliphatic carbocycles. The molecule has 6 nitrogen and oxygen atoms in total. The lowest BCUT2D eigenvalue weighted by atomic mass is 9.96. The van der Waals surface area contributed by atoms with Crippen LogP contribution in [-0.2, 0) is 22.4 Å². The second-order valence-electron chi connectivity index (χ2n) is 8.00. The van der Waals surface area contributed by atoms with Crippen molar-refractivity contribution in [2.75, 3.05) is 38.5 Å². The van der Waals surface area contributed by atoms with Crippen molar-refractivity contribution >= 4 is 15.9 Å². The smallest absolute Gasteiger partial charge is 0.352 e. The molecule has 2 N–H and O–H groups in total. The van der Waals surface area contributed by atoms with E-state index in [2.05, 4.69) is 14.9 Å². The highest BCUT2D eigenvalue weighted by Gasteiger charge is 2.37. The Hall–Kier alpha value is -1.86. The molecule has 0 saturated carbocycles. The fraction of sp³-hybridized carbons (Fsp3) is 0.650. The number of benzene rings is 1. The predicted molar refractivity (Wildman–Crippen MR) is 110 cm³/mol. The first-order valence-corrected chi connectivity index (χ1v) is 12.1. The zero-order chi connectivity index (χ0) is 24.9. The van der Waals surface area contributed by atoms with Gasteiger partial charge in [0.25, 0.3) is 5.91 Å². The van der Waals surface area contributed by atoms with Gasteiger partial charge in [-0.2, -0.15) is 26.3 Å². The monoisotopic (exact) mass is 503 g/mol. The number of carbonyl (C=O) groups is 1. The van der Waals surface area contributed by atoms with Gasteiger partial charge in [-0.3, -0.25) is 4.79 Å². The molecule has 0 unspecified atom stereocenters. The first-order valence-electron chi connectivity index (χ1n) is 10.5. The molecule has 1 aliphatic heterocycles. The molecule has 1 fully saturated rings. The number of sulfonamides is 1. The topological polar surface area (TPSA) is 78.5 Å². The third-order valence-corrected chi connectivity index (χ3v) is 6.92. The number of carbonyl (C=O) groups excluding carboxylic acids is 1. The van der Waals surface area contributed by atoms with Gasteiger partial charge in [0.05, 0.1) is 16.9 Å². The summed E-state index contributed by atoms with van der Waals surface area (Å²) >= 11 is 0. The summed E-state index contributed by atoms with van der Waals surface area (Å²) in [6, 6.07) is 0.800. The van der Waals surface area contributed by atoms with Crippen molar-refractivity contribution in [1.29, 1.82) is 0 Å². The molecule has 1 aromatic rings. The number of hydrogen-bond donors (Lipinski definition) is 2. The van der Waals surface area contributed by atoms with Gasteiger partial charge in [0.1, 0.15) is 0 Å². The number of halogens is 6. The lowest BCUT2D eigenvalue weighted by Gasteiger charge is -2.32. The third-order valence-electron chi connectivity index (χ3n) is 5.33. The van der Waals surface area contributed by atoms with Crippen molar-refractivity contribution in [3.05, 3.63) is 34.9 Å². The van der Waals surface area contributed by atoms with Crippen LogP contribution < -0.4 is 10.0 Å². The minimum atomic E-state index is -5.02. The van der Waals surface area contributed by atoms with Gasteiger partial charge < -0.3 is 10.2 Å². The maximum atomic E-state index is 13.0. The number of alkyl halides is 6. The fourth-order valence-corrected chi connectivity index (χ4v) is 4.62. The van der Waals surface area contributed by atoms with Gasteiger partial charge in [0.2, 0.25) is 10.0 Å². The number of piperidine rings is 1. The van der Waals surface area contributed by atoms with Gasteiger partial charge in [-0.1, -0.05) is 6.92 Å². The average molecular weight is 504 g/mol. The summed E-state index contributed by atoms with van der Waals surface area (Å²) in [5, 5.41) is 2.43. The van der Waals surface area contributed by atoms with Crippen molar-refractivity contribution in [2.24, 2.45) is 5.92 Å². The Balaban J connectivity index is 1.87. The molecule has 0 radical (unpaired) electrons. The molecule has 33 heavy (non-hydrogen) atoms. The Morgan fingerprint density at radius 1 is 1.03 bits per heavy atom. The molecule has 1 aromatic carbocycles. The Labute approximate surface area is 188 Å². The van der Waals surface area contributed by atoms with E-state index in [1.807, 2.05) is 0 Å². The molecule has 2 rings (SSSR count). The second kappa shape index (κ2) is 11.0. The molecule has 1 heterocycles. The Bertz CT molecular complexity index is 878. The standard InChI is InChI=1S/C20H27F6N3O3S/c1-2-9-33(31,32)28-5-8-29-6-3-14(4-7-29)13-27-18(30)15-10-16(19(21,22)23)12-17(11-15)20(24,25)26/h10-12,14,28H,2-9,13H2,1H3,(H,27,30). The van der Waals surface area contributed by atoms with Crippen LogP contribution >= 0.6 is 0 Å². The van der Waals surface area contributed by atoms with Crippen molar-refractivity contribution in [1.82, 2.24) is 14.9 Å². The normalized spacial score (nSPS) is 16.7. The summed E-state index contributed by atoms with van der Waals surface area (Å²) in [5.74, 6) is -0.931. The van der Waals surface area contributed by atoms with E-state index in [0.717, 1.165) is 0 Å². The molecule has 1 amide bonds. The average Bonchev–Trinajstić information content (AvgIpc) is 2.71. The highest BCUT2D eigenvalue weighted by molar-refractivity contribution is 7.89. The van der Waals surface area contributed by atoms with E-state index in [0.29, 0.717) is 51.0 Å². The largest absolute Gasteiger partial charge is 0.416 e. The zero-order valence-corrected chi connectivity index (χ0v) is 18.8. The van der Waals surface area contributed by atoms with E-state index in [1.165, 1.54) is 0 Å². The molecule has 1 saturated heterocycles. The van der Waals surface area contributed by atoms with Crippen LogP contribution in [0.2, 0.25) is 0 Å². The van der Waals surface area contributed by atoms with Crippen LogP contribution in [0.1, 0.15) is 47.7 Å². The first-order chi connectivity index (χ1) is 15.2. The van der Waals surface area contributed by atoms with Crippen LogP contribution in [0.25, 0.3) is 0 Å². The molecule has 1 aliphatic rings. The predicted octanol–water partition coefficient (Wildman–Crippen LogP) is 3.50. The minimum absolute atomic E-state index is 0.00914. The summed E-state index contributed by atoms with van der Waals surface area (Å²) in [6.45, 7) is 3.96. The van der Waals surface area contributed by atoms with Crippen molar-refractivity contribution in [2.45, 2.75) is 38.5 Å². The highest BCUT2D eigenvalue weighted by atomic mass is 32.2. The van der Waals surface area contributed by atoms with Gasteiger partial charge in [-0.15, -0.1) is 0 Å². The van der Waals surface area contributed by atoms with E-state index in [9.17, 15) is 39.6 Å². The quantitative estimate of drug-likeness (QED) is 0.506. The van der Waals surface area contributed by atoms with Crippen LogP contribution in [0.4, 0.5) is 26.3 Å². The van der Waals surface area contributed by atoms with E-state index in [4.69, 9.17) is 0 Å². The van der Waals surface area contributed by atoms with Gasteiger partial charge in [0, 0.05) is 25.2 Å². The summed E-state index contributed by atoms with van der Waals surface area (Å²) < 4.78 is 104. The lowest BCUT2D eigenvalue weighted by Crippen LogP contribution is -2.42. The third kappa shape index (κ3) is 8.78. The molecule has 0 atom stereocenters. The van der Waals surface area contributed by atoms with E-state index in [1.54, 1.807) is 6.92 Å². The number of likely N-dealkylation sites (tertiary alicyclic amines) is 1. The minimum Gasteiger partial charge on any atom is -0.352 e.